The second-order valence-corrected chi connectivity index (χ2v) is 4.46. The minimum Gasteiger partial charge on any atom is -0.368 e. The van der Waals surface area contributed by atoms with Crippen LogP contribution in [-0.4, -0.2) is 41.8 Å². The lowest BCUT2D eigenvalue weighted by atomic mass is 10.1. The fourth-order valence-electron chi connectivity index (χ4n) is 1.51. The summed E-state index contributed by atoms with van der Waals surface area (Å²) in [4.78, 5) is 34.6. The number of rotatable bonds is 5. The van der Waals surface area contributed by atoms with E-state index in [4.69, 9.17) is 5.73 Å². The zero-order valence-electron chi connectivity index (χ0n) is 11.4. The zero-order chi connectivity index (χ0) is 15.4. The summed E-state index contributed by atoms with van der Waals surface area (Å²) in [5.74, 6) is -0.946. The van der Waals surface area contributed by atoms with Crippen molar-refractivity contribution in [1.82, 2.24) is 4.90 Å². The molecule has 0 aliphatic heterocycles. The Balaban J connectivity index is 3.22. The first-order valence-electron chi connectivity index (χ1n) is 5.80. The molecule has 0 saturated heterocycles. The zero-order valence-corrected chi connectivity index (χ0v) is 11.4. The van der Waals surface area contributed by atoms with Crippen LogP contribution in [0.5, 0.6) is 0 Å². The fraction of sp³-hybridized carbons (Fsp3) is 0.333. The number of carbonyl (C=O) groups excluding carboxylic acids is 2. The maximum Gasteiger partial charge on any atom is 0.292 e. The fourth-order valence-corrected chi connectivity index (χ4v) is 1.51. The lowest BCUT2D eigenvalue weighted by Gasteiger charge is -2.14. The normalized spacial score (nSPS) is 11.6. The molecule has 0 saturated carbocycles. The highest BCUT2D eigenvalue weighted by molar-refractivity contribution is 5.96. The highest BCUT2D eigenvalue weighted by atomic mass is 16.6. The van der Waals surface area contributed by atoms with Gasteiger partial charge < -0.3 is 16.0 Å². The number of nitro groups is 1. The predicted molar refractivity (Wildman–Crippen MR) is 73.4 cm³/mol. The molecule has 1 rings (SSSR count). The number of amides is 2. The maximum atomic E-state index is 11.8. The van der Waals surface area contributed by atoms with Gasteiger partial charge in [-0.15, -0.1) is 0 Å². The van der Waals surface area contributed by atoms with Gasteiger partial charge in [0.15, 0.2) is 0 Å². The van der Waals surface area contributed by atoms with E-state index in [0.717, 1.165) is 0 Å². The van der Waals surface area contributed by atoms with Gasteiger partial charge >= 0.3 is 0 Å². The van der Waals surface area contributed by atoms with E-state index in [1.807, 2.05) is 0 Å². The third kappa shape index (κ3) is 3.44. The number of nitrogens with two attached hydrogens (primary N) is 1. The van der Waals surface area contributed by atoms with Gasteiger partial charge in [-0.05, 0) is 19.1 Å². The highest BCUT2D eigenvalue weighted by Gasteiger charge is 2.20. The van der Waals surface area contributed by atoms with Crippen LogP contribution in [0.3, 0.4) is 0 Å². The van der Waals surface area contributed by atoms with E-state index in [-0.39, 0.29) is 22.8 Å². The molecule has 20 heavy (non-hydrogen) atoms. The van der Waals surface area contributed by atoms with E-state index in [1.165, 1.54) is 30.0 Å². The average Bonchev–Trinajstić information content (AvgIpc) is 2.37. The van der Waals surface area contributed by atoms with Crippen molar-refractivity contribution in [2.45, 2.75) is 13.0 Å². The largest absolute Gasteiger partial charge is 0.368 e. The Labute approximate surface area is 115 Å². The summed E-state index contributed by atoms with van der Waals surface area (Å²) in [5.41, 5.74) is 5.24. The summed E-state index contributed by atoms with van der Waals surface area (Å²) in [7, 11) is 3.14. The van der Waals surface area contributed by atoms with Gasteiger partial charge in [-0.25, -0.2) is 0 Å². The van der Waals surface area contributed by atoms with Gasteiger partial charge in [0.1, 0.15) is 11.7 Å². The van der Waals surface area contributed by atoms with E-state index in [9.17, 15) is 19.7 Å². The van der Waals surface area contributed by atoms with Crippen LogP contribution in [0.25, 0.3) is 0 Å². The van der Waals surface area contributed by atoms with Crippen molar-refractivity contribution in [3.8, 4) is 0 Å². The van der Waals surface area contributed by atoms with Gasteiger partial charge in [0.2, 0.25) is 5.91 Å². The number of benzene rings is 1. The first-order valence-corrected chi connectivity index (χ1v) is 5.80. The van der Waals surface area contributed by atoms with E-state index in [0.29, 0.717) is 0 Å². The third-order valence-electron chi connectivity index (χ3n) is 2.65. The Kier molecular flexibility index (Phi) is 4.63. The van der Waals surface area contributed by atoms with E-state index in [1.54, 1.807) is 14.1 Å². The van der Waals surface area contributed by atoms with Crippen molar-refractivity contribution < 1.29 is 14.5 Å². The van der Waals surface area contributed by atoms with Crippen LogP contribution in [0, 0.1) is 10.1 Å². The van der Waals surface area contributed by atoms with Crippen LogP contribution in [0.2, 0.25) is 0 Å². The molecule has 0 aliphatic rings. The Morgan fingerprint density at radius 1 is 1.40 bits per heavy atom. The minimum atomic E-state index is -0.793. The molecular formula is C12H16N4O4. The number of anilines is 1. The van der Waals surface area contributed by atoms with E-state index < -0.39 is 16.9 Å². The van der Waals surface area contributed by atoms with Crippen LogP contribution >= 0.6 is 0 Å². The molecule has 2 amide bonds. The summed E-state index contributed by atoms with van der Waals surface area (Å²) < 4.78 is 0. The number of hydrogen-bond donors (Lipinski definition) is 2. The molecule has 0 aliphatic carbocycles. The van der Waals surface area contributed by atoms with Crippen LogP contribution in [0.1, 0.15) is 17.3 Å². The number of nitro benzene ring substituents is 1. The molecule has 8 heteroatoms. The monoisotopic (exact) mass is 280 g/mol. The number of hydrogen-bond acceptors (Lipinski definition) is 5. The summed E-state index contributed by atoms with van der Waals surface area (Å²) in [6.45, 7) is 1.48. The molecular weight excluding hydrogens is 264 g/mol. The Hall–Kier alpha value is -2.64. The van der Waals surface area contributed by atoms with E-state index >= 15 is 0 Å². The molecule has 0 spiro atoms. The van der Waals surface area contributed by atoms with Crippen molar-refractivity contribution in [3.63, 3.8) is 0 Å². The van der Waals surface area contributed by atoms with Crippen molar-refractivity contribution >= 4 is 23.2 Å². The van der Waals surface area contributed by atoms with Crippen molar-refractivity contribution in [2.24, 2.45) is 5.73 Å². The van der Waals surface area contributed by atoms with Crippen LogP contribution in [-0.2, 0) is 4.79 Å². The number of nitrogens with zero attached hydrogens (tertiary/aromatic N) is 2. The standard InChI is InChI=1S/C12H16N4O4/c1-7(11(13)17)14-9-6-8(12(18)15(2)3)4-5-10(9)16(19)20/h4-7,14H,1-3H3,(H2,13,17). The second-order valence-electron chi connectivity index (χ2n) is 4.46. The smallest absolute Gasteiger partial charge is 0.292 e. The van der Waals surface area contributed by atoms with Gasteiger partial charge in [-0.3, -0.25) is 19.7 Å². The predicted octanol–water partition coefficient (Wildman–Crippen LogP) is 0.582. The first-order chi connectivity index (χ1) is 9.23. The molecule has 0 bridgehead atoms. The summed E-state index contributed by atoms with van der Waals surface area (Å²) in [6, 6.07) is 3.12. The summed E-state index contributed by atoms with van der Waals surface area (Å²) >= 11 is 0. The van der Waals surface area contributed by atoms with Crippen LogP contribution in [0.4, 0.5) is 11.4 Å². The Morgan fingerprint density at radius 2 is 2.00 bits per heavy atom. The quantitative estimate of drug-likeness (QED) is 0.604. The molecule has 108 valence electrons. The SMILES string of the molecule is CC(Nc1cc(C(=O)N(C)C)ccc1[N+](=O)[O-])C(N)=O. The Bertz CT molecular complexity index is 556. The van der Waals surface area contributed by atoms with Crippen LogP contribution in [0.15, 0.2) is 18.2 Å². The van der Waals surface area contributed by atoms with Gasteiger partial charge in [-0.2, -0.15) is 0 Å². The molecule has 1 aromatic rings. The maximum absolute atomic E-state index is 11.8. The third-order valence-corrected chi connectivity index (χ3v) is 2.65. The van der Waals surface area contributed by atoms with Crippen molar-refractivity contribution in [3.05, 3.63) is 33.9 Å². The number of primary amides is 1. The molecule has 3 N–H and O–H groups in total. The molecule has 0 fully saturated rings. The summed E-state index contributed by atoms with van der Waals surface area (Å²) in [6.07, 6.45) is 0. The first kappa shape index (κ1) is 15.4. The lowest BCUT2D eigenvalue weighted by Crippen LogP contribution is -2.32. The summed E-state index contributed by atoms with van der Waals surface area (Å²) in [5, 5.41) is 13.6. The highest BCUT2D eigenvalue weighted by Crippen LogP contribution is 2.26. The van der Waals surface area contributed by atoms with E-state index in [2.05, 4.69) is 5.32 Å². The molecule has 1 aromatic carbocycles. The topological polar surface area (TPSA) is 119 Å². The lowest BCUT2D eigenvalue weighted by molar-refractivity contribution is -0.384. The Morgan fingerprint density at radius 3 is 2.45 bits per heavy atom. The second kappa shape index (κ2) is 6.00. The molecule has 8 nitrogen and oxygen atoms in total. The molecule has 1 atom stereocenters. The minimum absolute atomic E-state index is 0.0778. The average molecular weight is 280 g/mol. The molecule has 0 heterocycles. The van der Waals surface area contributed by atoms with Crippen molar-refractivity contribution in [2.75, 3.05) is 19.4 Å². The number of carbonyl (C=O) groups is 2. The van der Waals surface area contributed by atoms with Gasteiger partial charge in [0.05, 0.1) is 4.92 Å². The van der Waals surface area contributed by atoms with Crippen LogP contribution < -0.4 is 11.1 Å². The molecule has 0 radical (unpaired) electrons. The number of nitrogens with one attached hydrogen (secondary N) is 1. The van der Waals surface area contributed by atoms with Crippen molar-refractivity contribution in [1.29, 1.82) is 0 Å². The van der Waals surface area contributed by atoms with Gasteiger partial charge in [0, 0.05) is 25.7 Å². The molecule has 0 aromatic heterocycles. The van der Waals surface area contributed by atoms with Gasteiger partial charge in [-0.1, -0.05) is 0 Å². The van der Waals surface area contributed by atoms with Gasteiger partial charge in [0.25, 0.3) is 11.6 Å². The molecule has 1 unspecified atom stereocenters.